The van der Waals surface area contributed by atoms with E-state index in [0.717, 1.165) is 60.7 Å². The van der Waals surface area contributed by atoms with Gasteiger partial charge in [-0.1, -0.05) is 25.1 Å². The lowest BCUT2D eigenvalue weighted by atomic mass is 10.1. The number of nitrogens with zero attached hydrogens (tertiary/aromatic N) is 2. The molecule has 2 aromatic carbocycles. The van der Waals surface area contributed by atoms with Gasteiger partial charge in [-0.15, -0.1) is 0 Å². The lowest BCUT2D eigenvalue weighted by molar-refractivity contribution is 0.248. The van der Waals surface area contributed by atoms with Crippen LogP contribution >= 0.6 is 0 Å². The third-order valence-electron chi connectivity index (χ3n) is 5.86. The molecule has 6 heteroatoms. The Morgan fingerprint density at radius 3 is 2.57 bits per heavy atom. The number of likely N-dealkylation sites (N-methyl/N-ethyl adjacent to an activating group) is 1. The van der Waals surface area contributed by atoms with E-state index < -0.39 is 0 Å². The maximum atomic E-state index is 12.5. The minimum Gasteiger partial charge on any atom is -0.459 e. The zero-order valence-corrected chi connectivity index (χ0v) is 17.9. The highest BCUT2D eigenvalue weighted by Crippen LogP contribution is 2.25. The van der Waals surface area contributed by atoms with Crippen molar-refractivity contribution in [3.63, 3.8) is 0 Å². The predicted molar refractivity (Wildman–Crippen MR) is 122 cm³/mol. The molecular formula is C24H30N4O2. The fraction of sp³-hybridized carbons (Fsp3) is 0.375. The van der Waals surface area contributed by atoms with E-state index >= 15 is 0 Å². The number of anilines is 2. The number of benzene rings is 2. The molecule has 1 aliphatic heterocycles. The molecule has 1 atom stereocenters. The minimum atomic E-state index is -0.240. The number of hydrogen-bond acceptors (Lipinski definition) is 4. The zero-order chi connectivity index (χ0) is 21.1. The van der Waals surface area contributed by atoms with E-state index in [1.165, 1.54) is 5.69 Å². The summed E-state index contributed by atoms with van der Waals surface area (Å²) in [5.74, 6) is 0.740. The van der Waals surface area contributed by atoms with Crippen molar-refractivity contribution in [2.75, 3.05) is 42.9 Å². The monoisotopic (exact) mass is 406 g/mol. The van der Waals surface area contributed by atoms with E-state index in [0.29, 0.717) is 0 Å². The molecule has 1 aromatic heterocycles. The van der Waals surface area contributed by atoms with E-state index in [4.69, 9.17) is 4.42 Å². The Kier molecular flexibility index (Phi) is 5.95. The lowest BCUT2D eigenvalue weighted by Crippen LogP contribution is -2.46. The summed E-state index contributed by atoms with van der Waals surface area (Å²) >= 11 is 0. The van der Waals surface area contributed by atoms with Gasteiger partial charge in [0.25, 0.3) is 0 Å². The van der Waals surface area contributed by atoms with Gasteiger partial charge in [0.1, 0.15) is 11.3 Å². The SMILES string of the molecule is CCN1CCN(c2ccc(NC(=O)N[C@H](C)c3cc4ccccc4o3)c(C)c2)CC1. The fourth-order valence-electron chi connectivity index (χ4n) is 3.95. The van der Waals surface area contributed by atoms with E-state index in [-0.39, 0.29) is 12.1 Å². The van der Waals surface area contributed by atoms with Gasteiger partial charge in [-0.05, 0) is 56.3 Å². The van der Waals surface area contributed by atoms with Crippen LogP contribution in [0, 0.1) is 6.92 Å². The first-order valence-electron chi connectivity index (χ1n) is 10.7. The highest BCUT2D eigenvalue weighted by molar-refractivity contribution is 5.90. The zero-order valence-electron chi connectivity index (χ0n) is 17.9. The molecule has 2 N–H and O–H groups in total. The highest BCUT2D eigenvalue weighted by atomic mass is 16.3. The number of piperazine rings is 1. The molecule has 0 bridgehead atoms. The van der Waals surface area contributed by atoms with Crippen LogP contribution in [0.15, 0.2) is 52.9 Å². The first kappa shape index (κ1) is 20.3. The molecule has 4 rings (SSSR count). The third kappa shape index (κ3) is 4.44. The van der Waals surface area contributed by atoms with Gasteiger partial charge in [0.2, 0.25) is 0 Å². The molecule has 1 aliphatic rings. The number of carbonyl (C=O) groups excluding carboxylic acids is 1. The molecule has 1 fully saturated rings. The molecule has 0 spiro atoms. The summed E-state index contributed by atoms with van der Waals surface area (Å²) in [6, 6.07) is 15.6. The molecular weight excluding hydrogens is 376 g/mol. The molecule has 0 saturated carbocycles. The van der Waals surface area contributed by atoms with E-state index in [1.54, 1.807) is 0 Å². The quantitative estimate of drug-likeness (QED) is 0.641. The molecule has 30 heavy (non-hydrogen) atoms. The largest absolute Gasteiger partial charge is 0.459 e. The number of aryl methyl sites for hydroxylation is 1. The summed E-state index contributed by atoms with van der Waals surface area (Å²) in [7, 11) is 0. The molecule has 2 amide bonds. The fourth-order valence-corrected chi connectivity index (χ4v) is 3.95. The van der Waals surface area contributed by atoms with Crippen LogP contribution < -0.4 is 15.5 Å². The van der Waals surface area contributed by atoms with Gasteiger partial charge in [-0.3, -0.25) is 0 Å². The standard InChI is InChI=1S/C24H30N4O2/c1-4-27-11-13-28(14-12-27)20-9-10-21(17(2)15-20)26-24(29)25-18(3)23-16-19-7-5-6-8-22(19)30-23/h5-10,15-16,18H,4,11-14H2,1-3H3,(H2,25,26,29)/t18-/m1/s1. The Balaban J connectivity index is 1.37. The third-order valence-corrected chi connectivity index (χ3v) is 5.86. The molecule has 1 saturated heterocycles. The second kappa shape index (κ2) is 8.79. The maximum Gasteiger partial charge on any atom is 0.319 e. The van der Waals surface area contributed by atoms with Crippen LogP contribution in [0.3, 0.4) is 0 Å². The van der Waals surface area contributed by atoms with Gasteiger partial charge in [0, 0.05) is 42.9 Å². The van der Waals surface area contributed by atoms with E-state index in [1.807, 2.05) is 50.2 Å². The van der Waals surface area contributed by atoms with Gasteiger partial charge in [0.15, 0.2) is 0 Å². The Morgan fingerprint density at radius 2 is 1.87 bits per heavy atom. The van der Waals surface area contributed by atoms with Crippen molar-refractivity contribution < 1.29 is 9.21 Å². The Labute approximate surface area is 177 Å². The van der Waals surface area contributed by atoms with Crippen LogP contribution in [0.2, 0.25) is 0 Å². The number of urea groups is 1. The summed E-state index contributed by atoms with van der Waals surface area (Å²) < 4.78 is 5.85. The highest BCUT2D eigenvalue weighted by Gasteiger charge is 2.18. The Hall–Kier alpha value is -2.99. The topological polar surface area (TPSA) is 60.8 Å². The molecule has 0 aliphatic carbocycles. The smallest absolute Gasteiger partial charge is 0.319 e. The number of furan rings is 1. The van der Waals surface area contributed by atoms with Crippen LogP contribution in [0.5, 0.6) is 0 Å². The maximum absolute atomic E-state index is 12.5. The second-order valence-electron chi connectivity index (χ2n) is 7.93. The van der Waals surface area contributed by atoms with Crippen molar-refractivity contribution in [1.82, 2.24) is 10.2 Å². The molecule has 158 valence electrons. The number of rotatable bonds is 5. The average molecular weight is 407 g/mol. The summed E-state index contributed by atoms with van der Waals surface area (Å²) in [6.45, 7) is 11.5. The van der Waals surface area contributed by atoms with Crippen LogP contribution in [0.4, 0.5) is 16.2 Å². The summed E-state index contributed by atoms with van der Waals surface area (Å²) in [5.41, 5.74) is 3.91. The van der Waals surface area contributed by atoms with Gasteiger partial charge < -0.3 is 24.9 Å². The second-order valence-corrected chi connectivity index (χ2v) is 7.93. The molecule has 2 heterocycles. The van der Waals surface area contributed by atoms with Gasteiger partial charge in [-0.2, -0.15) is 0 Å². The summed E-state index contributed by atoms with van der Waals surface area (Å²) in [5, 5.41) is 6.97. The van der Waals surface area contributed by atoms with Crippen molar-refractivity contribution in [2.24, 2.45) is 0 Å². The molecule has 0 radical (unpaired) electrons. The number of hydrogen-bond donors (Lipinski definition) is 2. The lowest BCUT2D eigenvalue weighted by Gasteiger charge is -2.35. The molecule has 3 aromatic rings. The number of amides is 2. The Bertz CT molecular complexity index is 988. The number of fused-ring (bicyclic) bond motifs is 1. The minimum absolute atomic E-state index is 0.230. The van der Waals surface area contributed by atoms with Crippen LogP contribution in [0.1, 0.15) is 31.2 Å². The molecule has 0 unspecified atom stereocenters. The van der Waals surface area contributed by atoms with Crippen molar-refractivity contribution in [2.45, 2.75) is 26.8 Å². The first-order chi connectivity index (χ1) is 14.5. The number of para-hydroxylation sites is 1. The van der Waals surface area contributed by atoms with Crippen molar-refractivity contribution in [1.29, 1.82) is 0 Å². The van der Waals surface area contributed by atoms with Gasteiger partial charge >= 0.3 is 6.03 Å². The summed E-state index contributed by atoms with van der Waals surface area (Å²) in [6.07, 6.45) is 0. The number of carbonyl (C=O) groups is 1. The van der Waals surface area contributed by atoms with Crippen molar-refractivity contribution >= 4 is 28.4 Å². The summed E-state index contributed by atoms with van der Waals surface area (Å²) in [4.78, 5) is 17.4. The van der Waals surface area contributed by atoms with Gasteiger partial charge in [0.05, 0.1) is 6.04 Å². The number of nitrogens with one attached hydrogen (secondary N) is 2. The van der Waals surface area contributed by atoms with Crippen molar-refractivity contribution in [3.05, 3.63) is 59.9 Å². The van der Waals surface area contributed by atoms with Gasteiger partial charge in [-0.25, -0.2) is 4.79 Å². The average Bonchev–Trinajstić information content (AvgIpc) is 3.20. The van der Waals surface area contributed by atoms with Crippen LogP contribution in [-0.2, 0) is 0 Å². The van der Waals surface area contributed by atoms with E-state index in [9.17, 15) is 4.79 Å². The van der Waals surface area contributed by atoms with Crippen molar-refractivity contribution in [3.8, 4) is 0 Å². The van der Waals surface area contributed by atoms with Crippen LogP contribution in [-0.4, -0.2) is 43.7 Å². The predicted octanol–water partition coefficient (Wildman–Crippen LogP) is 4.77. The van der Waals surface area contributed by atoms with Crippen LogP contribution in [0.25, 0.3) is 11.0 Å². The molecule has 6 nitrogen and oxygen atoms in total. The Morgan fingerprint density at radius 1 is 1.10 bits per heavy atom. The first-order valence-corrected chi connectivity index (χ1v) is 10.7. The van der Waals surface area contributed by atoms with E-state index in [2.05, 4.69) is 39.5 Å². The normalized spacial score (nSPS) is 15.9.